The summed E-state index contributed by atoms with van der Waals surface area (Å²) in [5, 5.41) is 30.2. The number of aryl methyl sites for hydroxylation is 1. The second-order valence-corrected chi connectivity index (χ2v) is 11.6. The fraction of sp³-hybridized carbons (Fsp3) is 0.303. The van der Waals surface area contributed by atoms with Gasteiger partial charge in [0.2, 0.25) is 0 Å². The Morgan fingerprint density at radius 2 is 1.38 bits per heavy atom. The lowest BCUT2D eigenvalue weighted by Crippen LogP contribution is -1.98. The molecule has 39 heavy (non-hydrogen) atoms. The maximum absolute atomic E-state index is 9.61. The molecule has 0 saturated heterocycles. The Bertz CT molecular complexity index is 1500. The Morgan fingerprint density at radius 3 is 2.00 bits per heavy atom. The number of hydrogen-bond donors (Lipinski definition) is 0. The summed E-state index contributed by atoms with van der Waals surface area (Å²) in [5.74, 6) is 0. The van der Waals surface area contributed by atoms with Crippen LogP contribution >= 0.6 is 22.7 Å². The second kappa shape index (κ2) is 14.3. The highest BCUT2D eigenvalue weighted by Gasteiger charge is 2.18. The van der Waals surface area contributed by atoms with E-state index in [-0.39, 0.29) is 11.1 Å². The van der Waals surface area contributed by atoms with Crippen molar-refractivity contribution >= 4 is 28.2 Å². The van der Waals surface area contributed by atoms with Crippen molar-refractivity contribution in [1.29, 1.82) is 15.8 Å². The Balaban J connectivity index is 1.56. The van der Waals surface area contributed by atoms with Crippen molar-refractivity contribution in [2.24, 2.45) is 0 Å². The molecular formula is C33H32N4S2. The van der Waals surface area contributed by atoms with Crippen molar-refractivity contribution in [2.75, 3.05) is 0 Å². The Labute approximate surface area is 239 Å². The van der Waals surface area contributed by atoms with Crippen LogP contribution in [0.4, 0.5) is 0 Å². The number of benzene rings is 1. The Morgan fingerprint density at radius 1 is 0.718 bits per heavy atom. The van der Waals surface area contributed by atoms with Crippen LogP contribution in [0.15, 0.2) is 71.6 Å². The standard InChI is InChI=1S/C33H32N4S2/c1-2-3-4-5-6-7-8-9-11-25-13-15-27(16-14-25)37-29(32-12-10-21-38-32)17-18-30(37)33-20-19-31(39-33)28(24-36)26(22-34)23-35/h10,12-21H,2-9,11H2,1H3. The SMILES string of the molecule is CCCCCCCCCCc1ccc(-n2c(-c3cccs3)ccc2-c2ccc(C(C#N)=C(C#N)C#N)s2)cc1. The molecule has 0 saturated carbocycles. The van der Waals surface area contributed by atoms with Gasteiger partial charge in [-0.05, 0) is 66.2 Å². The smallest absolute Gasteiger partial charge is 0.148 e. The zero-order valence-electron chi connectivity index (χ0n) is 22.3. The van der Waals surface area contributed by atoms with Crippen LogP contribution in [0.25, 0.3) is 32.4 Å². The summed E-state index contributed by atoms with van der Waals surface area (Å²) in [4.78, 5) is 2.77. The number of hydrogen-bond acceptors (Lipinski definition) is 5. The average Bonchev–Trinajstić information content (AvgIpc) is 3.74. The minimum absolute atomic E-state index is 0.123. The van der Waals surface area contributed by atoms with Crippen LogP contribution in [0, 0.1) is 34.0 Å². The zero-order valence-corrected chi connectivity index (χ0v) is 24.0. The molecular weight excluding hydrogens is 517 g/mol. The minimum atomic E-state index is -0.160. The number of nitriles is 3. The van der Waals surface area contributed by atoms with Crippen LogP contribution < -0.4 is 0 Å². The quantitative estimate of drug-likeness (QED) is 0.123. The molecule has 4 rings (SSSR count). The van der Waals surface area contributed by atoms with E-state index in [4.69, 9.17) is 0 Å². The molecule has 0 amide bonds. The van der Waals surface area contributed by atoms with Gasteiger partial charge in [-0.15, -0.1) is 22.7 Å². The molecule has 4 nitrogen and oxygen atoms in total. The first kappa shape index (κ1) is 28.1. The van der Waals surface area contributed by atoms with E-state index in [2.05, 4.69) is 65.4 Å². The van der Waals surface area contributed by atoms with Crippen molar-refractivity contribution in [1.82, 2.24) is 4.57 Å². The molecule has 0 aliphatic carbocycles. The summed E-state index contributed by atoms with van der Waals surface area (Å²) in [7, 11) is 0. The molecule has 0 N–H and O–H groups in total. The van der Waals surface area contributed by atoms with Crippen molar-refractivity contribution in [3.63, 3.8) is 0 Å². The molecule has 6 heteroatoms. The number of nitrogens with zero attached hydrogens (tertiary/aromatic N) is 4. The van der Waals surface area contributed by atoms with Gasteiger partial charge < -0.3 is 4.57 Å². The van der Waals surface area contributed by atoms with Gasteiger partial charge in [-0.2, -0.15) is 15.8 Å². The molecule has 4 aromatic rings. The van der Waals surface area contributed by atoms with E-state index in [0.717, 1.165) is 28.4 Å². The predicted molar refractivity (Wildman–Crippen MR) is 162 cm³/mol. The lowest BCUT2D eigenvalue weighted by molar-refractivity contribution is 0.575. The van der Waals surface area contributed by atoms with Gasteiger partial charge in [0.1, 0.15) is 23.8 Å². The molecule has 0 fully saturated rings. The van der Waals surface area contributed by atoms with Crippen molar-refractivity contribution < 1.29 is 0 Å². The molecule has 0 unspecified atom stereocenters. The number of allylic oxidation sites excluding steroid dienone is 2. The third-order valence-electron chi connectivity index (χ3n) is 6.86. The monoisotopic (exact) mass is 548 g/mol. The van der Waals surface area contributed by atoms with Crippen molar-refractivity contribution in [3.05, 3.63) is 82.1 Å². The van der Waals surface area contributed by atoms with E-state index in [1.807, 2.05) is 30.3 Å². The number of aromatic nitrogens is 1. The Hall–Kier alpha value is -3.89. The van der Waals surface area contributed by atoms with Gasteiger partial charge in [-0.25, -0.2) is 0 Å². The first-order valence-electron chi connectivity index (χ1n) is 13.6. The maximum atomic E-state index is 9.61. The molecule has 1 aromatic carbocycles. The van der Waals surface area contributed by atoms with Crippen molar-refractivity contribution in [2.45, 2.75) is 64.7 Å². The molecule has 0 spiro atoms. The van der Waals surface area contributed by atoms with Gasteiger partial charge in [-0.3, -0.25) is 0 Å². The summed E-state index contributed by atoms with van der Waals surface area (Å²) in [6.45, 7) is 2.26. The summed E-state index contributed by atoms with van der Waals surface area (Å²) in [6.07, 6.45) is 11.7. The van der Waals surface area contributed by atoms with Gasteiger partial charge in [0.25, 0.3) is 0 Å². The van der Waals surface area contributed by atoms with Crippen LogP contribution in [0.5, 0.6) is 0 Å². The highest BCUT2D eigenvalue weighted by atomic mass is 32.1. The van der Waals surface area contributed by atoms with E-state index in [0.29, 0.717) is 4.88 Å². The molecule has 0 aliphatic rings. The van der Waals surface area contributed by atoms with Crippen LogP contribution in [0.1, 0.15) is 68.7 Å². The Kier molecular flexibility index (Phi) is 10.3. The van der Waals surface area contributed by atoms with Gasteiger partial charge in [0.05, 0.1) is 26.7 Å². The lowest BCUT2D eigenvalue weighted by atomic mass is 10.0. The molecule has 0 bridgehead atoms. The molecule has 0 aliphatic heterocycles. The third-order valence-corrected chi connectivity index (χ3v) is 8.88. The number of rotatable bonds is 13. The second-order valence-electron chi connectivity index (χ2n) is 9.56. The van der Waals surface area contributed by atoms with Crippen LogP contribution in [0.3, 0.4) is 0 Å². The van der Waals surface area contributed by atoms with Gasteiger partial charge in [0, 0.05) is 10.6 Å². The largest absolute Gasteiger partial charge is 0.308 e. The molecule has 0 atom stereocenters. The van der Waals surface area contributed by atoms with Crippen LogP contribution in [0.2, 0.25) is 0 Å². The topological polar surface area (TPSA) is 76.3 Å². The number of thiophene rings is 2. The summed E-state index contributed by atoms with van der Waals surface area (Å²) >= 11 is 3.12. The number of unbranched alkanes of at least 4 members (excludes halogenated alkanes) is 7. The first-order chi connectivity index (χ1) is 19.2. The van der Waals surface area contributed by atoms with E-state index in [1.165, 1.54) is 73.1 Å². The fourth-order valence-electron chi connectivity index (χ4n) is 4.78. The average molecular weight is 549 g/mol. The van der Waals surface area contributed by atoms with Crippen LogP contribution in [-0.2, 0) is 6.42 Å². The molecule has 3 heterocycles. The zero-order chi connectivity index (χ0) is 27.5. The van der Waals surface area contributed by atoms with Crippen molar-refractivity contribution in [3.8, 4) is 45.0 Å². The highest BCUT2D eigenvalue weighted by molar-refractivity contribution is 7.16. The van der Waals surface area contributed by atoms with Crippen LogP contribution in [-0.4, -0.2) is 4.57 Å². The normalized spacial score (nSPS) is 10.5. The minimum Gasteiger partial charge on any atom is -0.308 e. The molecule has 0 radical (unpaired) electrons. The third kappa shape index (κ3) is 6.96. The molecule has 3 aromatic heterocycles. The maximum Gasteiger partial charge on any atom is 0.148 e. The van der Waals surface area contributed by atoms with Gasteiger partial charge in [0.15, 0.2) is 0 Å². The predicted octanol–water partition coefficient (Wildman–Crippen LogP) is 9.94. The van der Waals surface area contributed by atoms with E-state index in [9.17, 15) is 15.8 Å². The fourth-order valence-corrected chi connectivity index (χ4v) is 6.54. The van der Waals surface area contributed by atoms with Gasteiger partial charge >= 0.3 is 0 Å². The van der Waals surface area contributed by atoms with E-state index >= 15 is 0 Å². The summed E-state index contributed by atoms with van der Waals surface area (Å²) < 4.78 is 2.26. The molecule has 196 valence electrons. The highest BCUT2D eigenvalue weighted by Crippen LogP contribution is 2.39. The summed E-state index contributed by atoms with van der Waals surface area (Å²) in [5.41, 5.74) is 4.53. The summed E-state index contributed by atoms with van der Waals surface area (Å²) in [6, 6.07) is 26.8. The van der Waals surface area contributed by atoms with E-state index in [1.54, 1.807) is 11.3 Å². The lowest BCUT2D eigenvalue weighted by Gasteiger charge is -2.13. The van der Waals surface area contributed by atoms with Gasteiger partial charge in [-0.1, -0.05) is 70.1 Å². The van der Waals surface area contributed by atoms with E-state index < -0.39 is 0 Å². The first-order valence-corrected chi connectivity index (χ1v) is 15.3.